The average Bonchev–Trinajstić information content (AvgIpc) is 3.13. The number of likely N-dealkylation sites (tertiary alicyclic amines) is 1. The summed E-state index contributed by atoms with van der Waals surface area (Å²) in [5, 5.41) is 0.391. The van der Waals surface area contributed by atoms with Gasteiger partial charge in [0.15, 0.2) is 0 Å². The van der Waals surface area contributed by atoms with Crippen LogP contribution in [0.15, 0.2) is 54.6 Å². The van der Waals surface area contributed by atoms with Gasteiger partial charge in [-0.1, -0.05) is 54.1 Å². The Morgan fingerprint density at radius 3 is 2.54 bits per heavy atom. The molecular weight excluding hydrogens is 318 g/mol. The van der Waals surface area contributed by atoms with Crippen LogP contribution in [0.2, 0.25) is 5.02 Å². The molecule has 1 heterocycles. The molecule has 0 unspecified atom stereocenters. The Kier molecular flexibility index (Phi) is 3.40. The van der Waals surface area contributed by atoms with E-state index in [-0.39, 0.29) is 11.1 Å². The van der Waals surface area contributed by atoms with Crippen molar-refractivity contribution in [3.63, 3.8) is 0 Å². The molecule has 0 saturated carbocycles. The third-order valence-electron chi connectivity index (χ3n) is 4.38. The molecule has 0 aliphatic carbocycles. The van der Waals surface area contributed by atoms with E-state index >= 15 is 0 Å². The van der Waals surface area contributed by atoms with Gasteiger partial charge in [-0.25, -0.2) is 0 Å². The standard InChI is InChI=1S/C21H26ClNO/c1-21(17-7-4-3-5-8-17,18-10-12-19(22)13-11-18)24-16-14-20-9-6-15-23(20)2/h3-5,7-8,10-13,20H,6,9,14-16H2,1-2H3/t20-,21+/m1/s1/i1D3,14D2,16D2. The first-order chi connectivity index (χ1) is 14.3. The van der Waals surface area contributed by atoms with E-state index < -0.39 is 31.4 Å². The fourth-order valence-electron chi connectivity index (χ4n) is 2.91. The van der Waals surface area contributed by atoms with Crippen LogP contribution < -0.4 is 0 Å². The van der Waals surface area contributed by atoms with Gasteiger partial charge in [-0.05, 0) is 62.9 Å². The van der Waals surface area contributed by atoms with Crippen LogP contribution >= 0.6 is 11.6 Å². The average molecular weight is 351 g/mol. The zero-order valence-corrected chi connectivity index (χ0v) is 14.4. The topological polar surface area (TPSA) is 12.5 Å². The molecule has 2 atom stereocenters. The van der Waals surface area contributed by atoms with Crippen LogP contribution in [-0.4, -0.2) is 31.1 Å². The Labute approximate surface area is 160 Å². The lowest BCUT2D eigenvalue weighted by atomic mass is 9.88. The smallest absolute Gasteiger partial charge is 0.115 e. The third kappa shape index (κ3) is 3.83. The van der Waals surface area contributed by atoms with Crippen molar-refractivity contribution >= 4 is 11.6 Å². The molecule has 0 radical (unpaired) electrons. The largest absolute Gasteiger partial charge is 0.366 e. The van der Waals surface area contributed by atoms with E-state index in [0.29, 0.717) is 18.0 Å². The maximum atomic E-state index is 8.63. The molecule has 2 aromatic rings. The fraction of sp³-hybridized carbons (Fsp3) is 0.429. The highest BCUT2D eigenvalue weighted by Crippen LogP contribution is 2.34. The maximum absolute atomic E-state index is 8.63. The first kappa shape index (κ1) is 10.6. The highest BCUT2D eigenvalue weighted by Gasteiger charge is 2.30. The third-order valence-corrected chi connectivity index (χ3v) is 4.63. The lowest BCUT2D eigenvalue weighted by Crippen LogP contribution is -2.31. The molecule has 1 aliphatic heterocycles. The van der Waals surface area contributed by atoms with Crippen molar-refractivity contribution in [2.75, 3.05) is 20.2 Å². The van der Waals surface area contributed by atoms with Crippen molar-refractivity contribution in [3.8, 4) is 0 Å². The summed E-state index contributed by atoms with van der Waals surface area (Å²) in [6, 6.07) is 13.4. The minimum Gasteiger partial charge on any atom is -0.366 e. The van der Waals surface area contributed by atoms with Gasteiger partial charge in [-0.3, -0.25) is 0 Å². The Hall–Kier alpha value is -1.35. The zero-order valence-electron chi connectivity index (χ0n) is 20.6. The number of hydrogen-bond donors (Lipinski definition) is 0. The van der Waals surface area contributed by atoms with Gasteiger partial charge in [0.2, 0.25) is 0 Å². The van der Waals surface area contributed by atoms with Crippen molar-refractivity contribution in [2.24, 2.45) is 0 Å². The highest BCUT2D eigenvalue weighted by molar-refractivity contribution is 6.30. The number of ether oxygens (including phenoxy) is 1. The van der Waals surface area contributed by atoms with Crippen molar-refractivity contribution in [3.05, 3.63) is 70.7 Å². The predicted molar refractivity (Wildman–Crippen MR) is 101 cm³/mol. The molecule has 1 aliphatic rings. The molecule has 2 nitrogen and oxygen atoms in total. The van der Waals surface area contributed by atoms with Crippen LogP contribution in [0.3, 0.4) is 0 Å². The molecular formula is C21H26ClNO. The number of benzene rings is 2. The molecule has 0 amide bonds. The van der Waals surface area contributed by atoms with Crippen molar-refractivity contribution in [1.29, 1.82) is 0 Å². The van der Waals surface area contributed by atoms with E-state index in [9.17, 15) is 0 Å². The monoisotopic (exact) mass is 350 g/mol. The van der Waals surface area contributed by atoms with Crippen LogP contribution in [-0.2, 0) is 10.3 Å². The number of hydrogen-bond acceptors (Lipinski definition) is 2. The van der Waals surface area contributed by atoms with Crippen LogP contribution in [0.25, 0.3) is 0 Å². The number of nitrogens with zero attached hydrogens (tertiary/aromatic N) is 1. The first-order valence-corrected chi connectivity index (χ1v) is 8.43. The molecule has 0 N–H and O–H groups in total. The van der Waals surface area contributed by atoms with Gasteiger partial charge < -0.3 is 9.64 Å². The van der Waals surface area contributed by atoms with Crippen LogP contribution in [0.4, 0.5) is 0 Å². The minimum atomic E-state index is -2.92. The van der Waals surface area contributed by atoms with Gasteiger partial charge in [0.05, 0.1) is 2.74 Å². The summed E-state index contributed by atoms with van der Waals surface area (Å²) >= 11 is 6.01. The molecule has 0 aromatic heterocycles. The Balaban J connectivity index is 2.20. The SMILES string of the molecule is [2H]C([2H])(O[C@@](c1ccccc1)(c1ccc(Cl)cc1)C([2H])([2H])[2H])C([2H])([2H])[C@H]1CCCN1C. The first-order valence-electron chi connectivity index (χ1n) is 11.5. The Bertz CT molecular complexity index is 889. The van der Waals surface area contributed by atoms with Crippen LogP contribution in [0.1, 0.15) is 46.8 Å². The van der Waals surface area contributed by atoms with E-state index in [0.717, 1.165) is 6.42 Å². The van der Waals surface area contributed by atoms with E-state index in [1.54, 1.807) is 42.3 Å². The van der Waals surface area contributed by atoms with E-state index in [1.807, 2.05) is 0 Å². The van der Waals surface area contributed by atoms with Gasteiger partial charge in [-0.15, -0.1) is 0 Å². The van der Waals surface area contributed by atoms with E-state index in [2.05, 4.69) is 0 Å². The lowest BCUT2D eigenvalue weighted by molar-refractivity contribution is -0.0117. The zero-order chi connectivity index (χ0) is 23.1. The summed E-state index contributed by atoms with van der Waals surface area (Å²) in [5.41, 5.74) is -1.87. The second kappa shape index (κ2) is 7.69. The lowest BCUT2D eigenvalue weighted by Gasteiger charge is -2.32. The van der Waals surface area contributed by atoms with Crippen molar-refractivity contribution in [1.82, 2.24) is 4.90 Å². The second-order valence-electron chi connectivity index (χ2n) is 6.04. The van der Waals surface area contributed by atoms with Crippen molar-refractivity contribution < 1.29 is 14.3 Å². The molecule has 1 saturated heterocycles. The Morgan fingerprint density at radius 1 is 1.21 bits per heavy atom. The van der Waals surface area contributed by atoms with Gasteiger partial charge in [0, 0.05) is 24.5 Å². The quantitative estimate of drug-likeness (QED) is 0.718. The highest BCUT2D eigenvalue weighted by atomic mass is 35.5. The van der Waals surface area contributed by atoms with Gasteiger partial charge in [-0.2, -0.15) is 0 Å². The summed E-state index contributed by atoms with van der Waals surface area (Å²) in [5.74, 6) is 0. The number of rotatable bonds is 6. The summed E-state index contributed by atoms with van der Waals surface area (Å²) in [7, 11) is 1.74. The fourth-order valence-corrected chi connectivity index (χ4v) is 3.03. The molecule has 3 rings (SSSR count). The normalized spacial score (nSPS) is 26.9. The summed E-state index contributed by atoms with van der Waals surface area (Å²) in [6.45, 7) is -5.13. The molecule has 128 valence electrons. The predicted octanol–water partition coefficient (Wildman–Crippen LogP) is 5.10. The van der Waals surface area contributed by atoms with Crippen LogP contribution in [0.5, 0.6) is 0 Å². The summed E-state index contributed by atoms with van der Waals surface area (Å²) in [4.78, 5) is 1.75. The Morgan fingerprint density at radius 2 is 1.92 bits per heavy atom. The van der Waals surface area contributed by atoms with Gasteiger partial charge >= 0.3 is 0 Å². The second-order valence-corrected chi connectivity index (χ2v) is 6.48. The van der Waals surface area contributed by atoms with E-state index in [4.69, 9.17) is 25.9 Å². The summed E-state index contributed by atoms with van der Waals surface area (Å²) < 4.78 is 65.5. The summed E-state index contributed by atoms with van der Waals surface area (Å²) in [6.07, 6.45) is -1.27. The van der Waals surface area contributed by atoms with Gasteiger partial charge in [0.1, 0.15) is 5.60 Å². The van der Waals surface area contributed by atoms with Gasteiger partial charge in [0.25, 0.3) is 0 Å². The minimum absolute atomic E-state index is 0.169. The molecule has 3 heteroatoms. The molecule has 2 aromatic carbocycles. The maximum Gasteiger partial charge on any atom is 0.115 e. The van der Waals surface area contributed by atoms with E-state index in [1.165, 1.54) is 24.3 Å². The molecule has 0 spiro atoms. The molecule has 0 bridgehead atoms. The molecule has 1 fully saturated rings. The van der Waals surface area contributed by atoms with Crippen molar-refractivity contribution in [2.45, 2.75) is 37.7 Å². The molecule has 24 heavy (non-hydrogen) atoms. The number of halogens is 1. The van der Waals surface area contributed by atoms with Crippen LogP contribution in [0, 0.1) is 0 Å².